The fourth-order valence-corrected chi connectivity index (χ4v) is 2.83. The van der Waals surface area contributed by atoms with Crippen molar-refractivity contribution in [3.63, 3.8) is 0 Å². The van der Waals surface area contributed by atoms with Gasteiger partial charge in [0.15, 0.2) is 0 Å². The molecule has 0 aliphatic carbocycles. The van der Waals surface area contributed by atoms with E-state index in [0.717, 1.165) is 29.8 Å². The summed E-state index contributed by atoms with van der Waals surface area (Å²) in [5.74, 6) is 0.930. The third-order valence-electron chi connectivity index (χ3n) is 3.80. The van der Waals surface area contributed by atoms with E-state index in [4.69, 9.17) is 11.6 Å². The molecule has 0 N–H and O–H groups in total. The lowest BCUT2D eigenvalue weighted by Gasteiger charge is -2.11. The number of hydrogen-bond acceptors (Lipinski definition) is 2. The van der Waals surface area contributed by atoms with E-state index in [1.807, 2.05) is 30.9 Å². The predicted molar refractivity (Wildman–Crippen MR) is 85.7 cm³/mol. The number of aryl methyl sites for hydroxylation is 4. The number of benzene rings is 1. The number of aromatic nitrogens is 4. The van der Waals surface area contributed by atoms with Gasteiger partial charge in [0.1, 0.15) is 5.82 Å². The number of alkyl halides is 1. The van der Waals surface area contributed by atoms with Gasteiger partial charge in [-0.3, -0.25) is 4.68 Å². The molecular weight excluding hydrogens is 284 g/mol. The molecule has 2 heterocycles. The van der Waals surface area contributed by atoms with Gasteiger partial charge in [-0.15, -0.1) is 11.6 Å². The minimum absolute atomic E-state index is 0.107. The molecule has 0 fully saturated rings. The quantitative estimate of drug-likeness (QED) is 0.690. The van der Waals surface area contributed by atoms with Crippen LogP contribution >= 0.6 is 11.6 Å². The van der Waals surface area contributed by atoms with Crippen molar-refractivity contribution in [2.24, 2.45) is 7.05 Å². The summed E-state index contributed by atoms with van der Waals surface area (Å²) in [4.78, 5) is 4.68. The first kappa shape index (κ1) is 14.1. The largest absolute Gasteiger partial charge is 0.326 e. The van der Waals surface area contributed by atoms with Gasteiger partial charge in [-0.25, -0.2) is 4.98 Å². The Morgan fingerprint density at radius 1 is 1.29 bits per heavy atom. The van der Waals surface area contributed by atoms with E-state index < -0.39 is 0 Å². The van der Waals surface area contributed by atoms with Crippen molar-refractivity contribution >= 4 is 22.6 Å². The van der Waals surface area contributed by atoms with Gasteiger partial charge in [0.2, 0.25) is 0 Å². The second-order valence-electron chi connectivity index (χ2n) is 5.43. The van der Waals surface area contributed by atoms with Crippen LogP contribution in [0.15, 0.2) is 30.5 Å². The topological polar surface area (TPSA) is 35.6 Å². The van der Waals surface area contributed by atoms with Crippen molar-refractivity contribution in [2.75, 3.05) is 0 Å². The molecule has 4 nitrogen and oxygen atoms in total. The van der Waals surface area contributed by atoms with E-state index in [1.54, 1.807) is 0 Å². The third kappa shape index (κ3) is 2.68. The first-order valence-electron chi connectivity index (χ1n) is 7.14. The van der Waals surface area contributed by atoms with E-state index in [1.165, 1.54) is 11.3 Å². The van der Waals surface area contributed by atoms with Crippen LogP contribution in [0, 0.1) is 6.92 Å². The van der Waals surface area contributed by atoms with Crippen molar-refractivity contribution in [1.29, 1.82) is 0 Å². The second kappa shape index (κ2) is 5.53. The first-order chi connectivity index (χ1) is 10.1. The average molecular weight is 303 g/mol. The Morgan fingerprint density at radius 3 is 2.76 bits per heavy atom. The fourth-order valence-electron chi connectivity index (χ4n) is 2.66. The highest BCUT2D eigenvalue weighted by molar-refractivity contribution is 6.20. The Hall–Kier alpha value is -1.81. The standard InChI is InChI=1S/C16H19ClN4/c1-11-4-5-14-15(10-11)21(16(19-14)12(2)17)9-7-13-6-8-18-20(13)3/h4-6,8,10,12H,7,9H2,1-3H3. The summed E-state index contributed by atoms with van der Waals surface area (Å²) in [6.45, 7) is 4.92. The van der Waals surface area contributed by atoms with Crippen LogP contribution in [-0.2, 0) is 20.0 Å². The molecule has 2 aromatic heterocycles. The minimum Gasteiger partial charge on any atom is -0.326 e. The molecule has 1 unspecified atom stereocenters. The zero-order chi connectivity index (χ0) is 15.0. The molecule has 0 radical (unpaired) electrons. The van der Waals surface area contributed by atoms with Crippen LogP contribution in [0.3, 0.4) is 0 Å². The van der Waals surface area contributed by atoms with Gasteiger partial charge in [0, 0.05) is 31.9 Å². The number of imidazole rings is 1. The molecule has 1 atom stereocenters. The maximum absolute atomic E-state index is 6.31. The highest BCUT2D eigenvalue weighted by Gasteiger charge is 2.15. The van der Waals surface area contributed by atoms with Crippen molar-refractivity contribution in [2.45, 2.75) is 32.2 Å². The van der Waals surface area contributed by atoms with Crippen LogP contribution in [0.25, 0.3) is 11.0 Å². The lowest BCUT2D eigenvalue weighted by atomic mass is 10.2. The van der Waals surface area contributed by atoms with Crippen molar-refractivity contribution in [1.82, 2.24) is 19.3 Å². The van der Waals surface area contributed by atoms with Gasteiger partial charge in [0.25, 0.3) is 0 Å². The zero-order valence-corrected chi connectivity index (χ0v) is 13.3. The summed E-state index contributed by atoms with van der Waals surface area (Å²) < 4.78 is 4.14. The number of nitrogens with zero attached hydrogens (tertiary/aromatic N) is 4. The molecule has 5 heteroatoms. The summed E-state index contributed by atoms with van der Waals surface area (Å²) in [7, 11) is 1.97. The fraction of sp³-hybridized carbons (Fsp3) is 0.375. The SMILES string of the molecule is Cc1ccc2nc(C(C)Cl)n(CCc3ccnn3C)c2c1. The van der Waals surface area contributed by atoms with Gasteiger partial charge in [-0.2, -0.15) is 5.10 Å². The number of rotatable bonds is 4. The van der Waals surface area contributed by atoms with Gasteiger partial charge in [-0.05, 0) is 37.6 Å². The monoisotopic (exact) mass is 302 g/mol. The Bertz CT molecular complexity index is 770. The van der Waals surface area contributed by atoms with Crippen LogP contribution in [0.1, 0.15) is 29.4 Å². The van der Waals surface area contributed by atoms with Gasteiger partial charge in [-0.1, -0.05) is 6.07 Å². The number of hydrogen-bond donors (Lipinski definition) is 0. The van der Waals surface area contributed by atoms with Crippen LogP contribution in [0.2, 0.25) is 0 Å². The summed E-state index contributed by atoms with van der Waals surface area (Å²) in [5, 5.41) is 4.11. The smallest absolute Gasteiger partial charge is 0.127 e. The van der Waals surface area contributed by atoms with E-state index in [0.29, 0.717) is 0 Å². The normalized spacial score (nSPS) is 13.0. The summed E-state index contributed by atoms with van der Waals surface area (Å²) in [6, 6.07) is 8.37. The van der Waals surface area contributed by atoms with Gasteiger partial charge in [0.05, 0.1) is 16.4 Å². The molecule has 3 rings (SSSR count). The third-order valence-corrected chi connectivity index (χ3v) is 4.00. The minimum atomic E-state index is -0.107. The summed E-state index contributed by atoms with van der Waals surface area (Å²) in [6.07, 6.45) is 2.74. The molecule has 0 bridgehead atoms. The lowest BCUT2D eigenvalue weighted by molar-refractivity contribution is 0.624. The Kier molecular flexibility index (Phi) is 3.72. The zero-order valence-electron chi connectivity index (χ0n) is 12.5. The molecule has 0 amide bonds. The van der Waals surface area contributed by atoms with Crippen LogP contribution in [0.4, 0.5) is 0 Å². The molecule has 3 aromatic rings. The maximum atomic E-state index is 6.31. The van der Waals surface area contributed by atoms with Crippen LogP contribution in [-0.4, -0.2) is 19.3 Å². The van der Waals surface area contributed by atoms with Crippen molar-refractivity contribution in [3.05, 3.63) is 47.5 Å². The molecular formula is C16H19ClN4. The maximum Gasteiger partial charge on any atom is 0.127 e. The number of fused-ring (bicyclic) bond motifs is 1. The molecule has 21 heavy (non-hydrogen) atoms. The van der Waals surface area contributed by atoms with Gasteiger partial charge >= 0.3 is 0 Å². The Balaban J connectivity index is 2.00. The Labute approximate surface area is 129 Å². The molecule has 0 aliphatic rings. The highest BCUT2D eigenvalue weighted by Crippen LogP contribution is 2.25. The van der Waals surface area contributed by atoms with E-state index in [2.05, 4.69) is 39.8 Å². The van der Waals surface area contributed by atoms with Crippen LogP contribution < -0.4 is 0 Å². The Morgan fingerprint density at radius 2 is 2.10 bits per heavy atom. The van der Waals surface area contributed by atoms with Crippen molar-refractivity contribution in [3.8, 4) is 0 Å². The van der Waals surface area contributed by atoms with E-state index in [-0.39, 0.29) is 5.38 Å². The number of halogens is 1. The molecule has 0 aliphatic heterocycles. The van der Waals surface area contributed by atoms with E-state index in [9.17, 15) is 0 Å². The lowest BCUT2D eigenvalue weighted by Crippen LogP contribution is -2.09. The van der Waals surface area contributed by atoms with Crippen molar-refractivity contribution < 1.29 is 0 Å². The summed E-state index contributed by atoms with van der Waals surface area (Å²) >= 11 is 6.31. The van der Waals surface area contributed by atoms with Gasteiger partial charge < -0.3 is 4.57 Å². The second-order valence-corrected chi connectivity index (χ2v) is 6.08. The average Bonchev–Trinajstić information content (AvgIpc) is 3.00. The van der Waals surface area contributed by atoms with Crippen LogP contribution in [0.5, 0.6) is 0 Å². The first-order valence-corrected chi connectivity index (χ1v) is 7.57. The molecule has 1 aromatic carbocycles. The highest BCUT2D eigenvalue weighted by atomic mass is 35.5. The molecule has 0 saturated carbocycles. The van der Waals surface area contributed by atoms with E-state index >= 15 is 0 Å². The molecule has 110 valence electrons. The molecule has 0 saturated heterocycles. The molecule has 0 spiro atoms. The summed E-state index contributed by atoms with van der Waals surface area (Å²) in [5.41, 5.74) is 4.60. The predicted octanol–water partition coefficient (Wildman–Crippen LogP) is 3.62.